The van der Waals surface area contributed by atoms with Crippen LogP contribution in [-0.2, 0) is 22.3 Å². The smallest absolute Gasteiger partial charge is 0.419 e. The summed E-state index contributed by atoms with van der Waals surface area (Å²) in [4.78, 5) is 42.9. The molecule has 11 nitrogen and oxygen atoms in total. The van der Waals surface area contributed by atoms with Gasteiger partial charge in [-0.15, -0.1) is 0 Å². The lowest BCUT2D eigenvalue weighted by atomic mass is 9.91. The highest BCUT2D eigenvalue weighted by Gasteiger charge is 2.42. The Morgan fingerprint density at radius 3 is 2.51 bits per heavy atom. The fraction of sp³-hybridized carbons (Fsp3) is 0.500. The van der Waals surface area contributed by atoms with E-state index < -0.39 is 29.2 Å². The van der Waals surface area contributed by atoms with Crippen molar-refractivity contribution >= 4 is 34.2 Å². The summed E-state index contributed by atoms with van der Waals surface area (Å²) in [6, 6.07) is 4.21. The first-order chi connectivity index (χ1) is 21.5. The number of likely N-dealkylation sites (tertiary alicyclic amines) is 1. The Morgan fingerprint density at radius 1 is 1.16 bits per heavy atom. The van der Waals surface area contributed by atoms with E-state index in [1.54, 1.807) is 0 Å². The van der Waals surface area contributed by atoms with Gasteiger partial charge in [0.1, 0.15) is 17.3 Å². The number of thiazole rings is 1. The number of alkyl halides is 3. The van der Waals surface area contributed by atoms with Gasteiger partial charge in [-0.2, -0.15) is 13.2 Å². The van der Waals surface area contributed by atoms with Crippen LogP contribution in [0.15, 0.2) is 30.6 Å². The molecule has 3 aromatic rings. The number of hydrogen-bond acceptors (Lipinski definition) is 10. The normalized spacial score (nSPS) is 18.6. The number of aliphatic carboxylic acids is 1. The molecule has 2 fully saturated rings. The number of ether oxygens (including phenoxy) is 2. The molecule has 0 aliphatic carbocycles. The zero-order chi connectivity index (χ0) is 32.4. The molecule has 2 aliphatic heterocycles. The van der Waals surface area contributed by atoms with Gasteiger partial charge < -0.3 is 19.5 Å². The maximum Gasteiger partial charge on any atom is 0.419 e. The maximum atomic E-state index is 13.8. The van der Waals surface area contributed by atoms with Crippen molar-refractivity contribution < 1.29 is 37.3 Å². The average molecular weight is 649 g/mol. The van der Waals surface area contributed by atoms with Crippen molar-refractivity contribution in [3.8, 4) is 17.0 Å². The molecule has 1 aromatic carbocycles. The summed E-state index contributed by atoms with van der Waals surface area (Å²) >= 11 is 1.22. The van der Waals surface area contributed by atoms with Gasteiger partial charge in [-0.1, -0.05) is 18.3 Å². The van der Waals surface area contributed by atoms with Gasteiger partial charge in [0.05, 0.1) is 30.8 Å². The van der Waals surface area contributed by atoms with E-state index in [2.05, 4.69) is 32.1 Å². The third-order valence-corrected chi connectivity index (χ3v) is 9.52. The summed E-state index contributed by atoms with van der Waals surface area (Å²) in [6.45, 7) is 4.26. The van der Waals surface area contributed by atoms with Crippen LogP contribution < -0.4 is 15.0 Å². The molecule has 5 rings (SSSR count). The average Bonchev–Trinajstić information content (AvgIpc) is 3.66. The van der Waals surface area contributed by atoms with Gasteiger partial charge in [0.15, 0.2) is 10.7 Å². The third kappa shape index (κ3) is 6.89. The number of benzene rings is 1. The molecule has 2 saturated heterocycles. The van der Waals surface area contributed by atoms with Gasteiger partial charge in [-0.3, -0.25) is 15.0 Å². The number of aromatic nitrogens is 3. The molecule has 45 heavy (non-hydrogen) atoms. The Morgan fingerprint density at radius 2 is 1.91 bits per heavy atom. The number of carboxylic acids is 1. The zero-order valence-electron chi connectivity index (χ0n) is 25.2. The Hall–Kier alpha value is -3.82. The van der Waals surface area contributed by atoms with Crippen LogP contribution in [0.3, 0.4) is 0 Å². The number of hydrogen-bond donors (Lipinski definition) is 2. The first-order valence-corrected chi connectivity index (χ1v) is 15.5. The van der Waals surface area contributed by atoms with Gasteiger partial charge in [-0.05, 0) is 44.0 Å². The largest absolute Gasteiger partial charge is 0.496 e. The van der Waals surface area contributed by atoms with Gasteiger partial charge in [0.25, 0.3) is 5.91 Å². The van der Waals surface area contributed by atoms with Crippen LogP contribution in [-0.4, -0.2) is 82.3 Å². The highest BCUT2D eigenvalue weighted by Crippen LogP contribution is 2.41. The van der Waals surface area contributed by atoms with Crippen LogP contribution in [0.1, 0.15) is 60.0 Å². The third-order valence-electron chi connectivity index (χ3n) is 8.56. The van der Waals surface area contributed by atoms with Crippen LogP contribution in [0.2, 0.25) is 0 Å². The highest BCUT2D eigenvalue weighted by atomic mass is 32.1. The van der Waals surface area contributed by atoms with Gasteiger partial charge in [0, 0.05) is 56.1 Å². The fourth-order valence-electron chi connectivity index (χ4n) is 5.93. The fourth-order valence-corrected chi connectivity index (χ4v) is 6.93. The second-order valence-electron chi connectivity index (χ2n) is 11.1. The highest BCUT2D eigenvalue weighted by molar-refractivity contribution is 7.16. The standard InChI is InChI=1S/C30H35F3N6O5S/c1-4-19-6-5-11-39(19)17-23-25(18-7-8-22(43-2)20(14-18)30(31,32)33)36-28(45-23)37-26(40)21-15-35-24(16-34-21)38-12-9-29(44-3,10-13-38)27(41)42/h7-8,14-16,19H,4-6,9-13,17H2,1-3H3,(H,41,42)(H,36,37,40). The number of halogens is 3. The second kappa shape index (κ2) is 13.3. The van der Waals surface area contributed by atoms with Crippen LogP contribution in [0, 0.1) is 0 Å². The predicted octanol–water partition coefficient (Wildman–Crippen LogP) is 5.32. The summed E-state index contributed by atoms with van der Waals surface area (Å²) in [5, 5.41) is 12.5. The molecule has 242 valence electrons. The molecule has 0 radical (unpaired) electrons. The van der Waals surface area contributed by atoms with Gasteiger partial charge >= 0.3 is 12.1 Å². The van der Waals surface area contributed by atoms with E-state index >= 15 is 0 Å². The molecule has 0 spiro atoms. The van der Waals surface area contributed by atoms with Crippen LogP contribution in [0.4, 0.5) is 24.1 Å². The summed E-state index contributed by atoms with van der Waals surface area (Å²) in [5.74, 6) is -1.36. The quantitative estimate of drug-likeness (QED) is 0.298. The predicted molar refractivity (Wildman–Crippen MR) is 162 cm³/mol. The number of methoxy groups -OCH3 is 2. The number of amides is 1. The molecular formula is C30H35F3N6O5S. The lowest BCUT2D eigenvalue weighted by molar-refractivity contribution is -0.164. The number of piperidine rings is 1. The minimum absolute atomic E-state index is 0.0280. The number of carboxylic acid groups (broad SMARTS) is 1. The Kier molecular flexibility index (Phi) is 9.60. The summed E-state index contributed by atoms with van der Waals surface area (Å²) in [5.41, 5.74) is -1.47. The topological polar surface area (TPSA) is 130 Å². The molecule has 0 bridgehead atoms. The number of nitrogens with zero attached hydrogens (tertiary/aromatic N) is 5. The number of nitrogens with one attached hydrogen (secondary N) is 1. The van der Waals surface area contributed by atoms with Crippen LogP contribution in [0.25, 0.3) is 11.3 Å². The van der Waals surface area contributed by atoms with E-state index in [9.17, 15) is 27.9 Å². The first-order valence-electron chi connectivity index (χ1n) is 14.6. The van der Waals surface area contributed by atoms with Crippen molar-refractivity contribution in [1.82, 2.24) is 19.9 Å². The van der Waals surface area contributed by atoms with Gasteiger partial charge in [-0.25, -0.2) is 19.7 Å². The van der Waals surface area contributed by atoms with E-state index in [-0.39, 0.29) is 35.0 Å². The summed E-state index contributed by atoms with van der Waals surface area (Å²) in [7, 11) is 2.58. The SMILES string of the molecule is CCC1CCCN1Cc1sc(NC(=O)c2cnc(N3CCC(OC)(C(=O)O)CC3)cn2)nc1-c1ccc(OC)c(C(F)(F)F)c1. The van der Waals surface area contributed by atoms with Crippen molar-refractivity contribution in [3.05, 3.63) is 46.7 Å². The Bertz CT molecular complexity index is 1530. The van der Waals surface area contributed by atoms with Crippen molar-refractivity contribution in [2.75, 3.05) is 44.1 Å². The molecule has 0 saturated carbocycles. The van der Waals surface area contributed by atoms with E-state index in [0.717, 1.165) is 36.8 Å². The van der Waals surface area contributed by atoms with Gasteiger partial charge in [0.2, 0.25) is 0 Å². The second-order valence-corrected chi connectivity index (χ2v) is 12.2. The molecule has 2 aliphatic rings. The van der Waals surface area contributed by atoms with Crippen molar-refractivity contribution in [1.29, 1.82) is 0 Å². The Balaban J connectivity index is 1.36. The molecule has 15 heteroatoms. The number of anilines is 2. The molecule has 2 aromatic heterocycles. The minimum atomic E-state index is -4.63. The number of carbonyl (C=O) groups excluding carboxylic acids is 1. The lowest BCUT2D eigenvalue weighted by Gasteiger charge is -2.38. The first kappa shape index (κ1) is 32.6. The maximum absolute atomic E-state index is 13.8. The summed E-state index contributed by atoms with van der Waals surface area (Å²) in [6.07, 6.45) is 1.73. The van der Waals surface area contributed by atoms with E-state index in [0.29, 0.717) is 37.2 Å². The lowest BCUT2D eigenvalue weighted by Crippen LogP contribution is -2.51. The monoisotopic (exact) mass is 648 g/mol. The minimum Gasteiger partial charge on any atom is -0.496 e. The van der Waals surface area contributed by atoms with E-state index in [1.165, 1.54) is 50.1 Å². The molecule has 1 amide bonds. The van der Waals surface area contributed by atoms with Crippen molar-refractivity contribution in [2.24, 2.45) is 0 Å². The van der Waals surface area contributed by atoms with Crippen LogP contribution in [0.5, 0.6) is 5.75 Å². The van der Waals surface area contributed by atoms with Crippen molar-refractivity contribution in [2.45, 2.75) is 63.4 Å². The Labute approximate surface area is 262 Å². The van der Waals surface area contributed by atoms with Crippen LogP contribution >= 0.6 is 11.3 Å². The molecular weight excluding hydrogens is 613 g/mol. The van der Waals surface area contributed by atoms with Crippen molar-refractivity contribution in [3.63, 3.8) is 0 Å². The zero-order valence-corrected chi connectivity index (χ0v) is 26.0. The summed E-state index contributed by atoms with van der Waals surface area (Å²) < 4.78 is 51.8. The molecule has 1 unspecified atom stereocenters. The molecule has 2 N–H and O–H groups in total. The number of carbonyl (C=O) groups is 2. The van der Waals surface area contributed by atoms with E-state index in [4.69, 9.17) is 9.47 Å². The number of rotatable bonds is 10. The molecule has 1 atom stereocenters. The molecule has 4 heterocycles. The van der Waals surface area contributed by atoms with E-state index in [1.807, 2.05) is 4.90 Å².